The molecule has 0 bridgehead atoms. The minimum absolute atomic E-state index is 0.156. The van der Waals surface area contributed by atoms with Crippen LogP contribution < -0.4 is 5.32 Å². The van der Waals surface area contributed by atoms with Crippen LogP contribution in [-0.4, -0.2) is 21.1 Å². The summed E-state index contributed by atoms with van der Waals surface area (Å²) in [5.74, 6) is -0.156. The number of rotatable bonds is 5. The van der Waals surface area contributed by atoms with Gasteiger partial charge in [0.15, 0.2) is 0 Å². The van der Waals surface area contributed by atoms with E-state index < -0.39 is 0 Å². The highest BCUT2D eigenvalue weighted by molar-refractivity contribution is 7.20. The van der Waals surface area contributed by atoms with Gasteiger partial charge in [-0.2, -0.15) is 5.10 Å². The fourth-order valence-electron chi connectivity index (χ4n) is 2.38. The largest absolute Gasteiger partial charge is 0.347 e. The second-order valence-electron chi connectivity index (χ2n) is 5.37. The molecule has 0 spiro atoms. The number of thiazole rings is 1. The van der Waals surface area contributed by atoms with Crippen molar-refractivity contribution in [2.24, 2.45) is 0 Å². The summed E-state index contributed by atoms with van der Waals surface area (Å²) in [6.45, 7) is 0.466. The molecule has 124 valence electrons. The van der Waals surface area contributed by atoms with Gasteiger partial charge in [-0.25, -0.2) is 4.98 Å². The van der Waals surface area contributed by atoms with Crippen LogP contribution in [0.1, 0.15) is 16.1 Å². The number of aromatic amines is 1. The maximum atomic E-state index is 12.3. The third-order valence-electron chi connectivity index (χ3n) is 3.69. The number of carbonyl (C=O) groups is 1. The van der Waals surface area contributed by atoms with Gasteiger partial charge in [0.2, 0.25) is 0 Å². The van der Waals surface area contributed by atoms with E-state index in [4.69, 9.17) is 0 Å². The smallest absolute Gasteiger partial charge is 0.271 e. The second-order valence-corrected chi connectivity index (χ2v) is 7.17. The Labute approximate surface area is 152 Å². The zero-order valence-corrected chi connectivity index (χ0v) is 14.7. The van der Waals surface area contributed by atoms with Gasteiger partial charge in [0.25, 0.3) is 5.91 Å². The van der Waals surface area contributed by atoms with Gasteiger partial charge in [-0.1, -0.05) is 30.3 Å². The summed E-state index contributed by atoms with van der Waals surface area (Å²) in [5, 5.41) is 14.5. The highest BCUT2D eigenvalue weighted by Crippen LogP contribution is 2.27. The van der Waals surface area contributed by atoms with E-state index in [2.05, 4.69) is 20.5 Å². The summed E-state index contributed by atoms with van der Waals surface area (Å²) in [5.41, 5.74) is 3.53. The summed E-state index contributed by atoms with van der Waals surface area (Å²) in [7, 11) is 0. The molecule has 0 saturated heterocycles. The molecule has 2 N–H and O–H groups in total. The van der Waals surface area contributed by atoms with Crippen LogP contribution in [-0.2, 0) is 6.54 Å². The zero-order chi connectivity index (χ0) is 17.1. The molecular formula is C18H14N4OS2. The number of nitrogens with one attached hydrogen (secondary N) is 2. The van der Waals surface area contributed by atoms with Crippen molar-refractivity contribution in [1.82, 2.24) is 20.5 Å². The van der Waals surface area contributed by atoms with E-state index in [-0.39, 0.29) is 5.91 Å². The Balaban J connectivity index is 1.39. The number of hydrogen-bond acceptors (Lipinski definition) is 5. The quantitative estimate of drug-likeness (QED) is 0.556. The normalized spacial score (nSPS) is 10.7. The average molecular weight is 366 g/mol. The van der Waals surface area contributed by atoms with Crippen molar-refractivity contribution in [3.8, 4) is 21.1 Å². The molecule has 0 aliphatic carbocycles. The standard InChI is InChI=1S/C18H14N4OS2/c23-17(15-11-25-18(21-15)16-2-1-9-24-16)19-10-12-3-5-13(6-4-12)14-7-8-20-22-14/h1-9,11H,10H2,(H,19,23)(H,20,22). The van der Waals surface area contributed by atoms with Gasteiger partial charge >= 0.3 is 0 Å². The highest BCUT2D eigenvalue weighted by Gasteiger charge is 2.12. The molecule has 0 atom stereocenters. The topological polar surface area (TPSA) is 70.7 Å². The molecule has 4 rings (SSSR count). The van der Waals surface area contributed by atoms with Gasteiger partial charge in [0.05, 0.1) is 10.6 Å². The van der Waals surface area contributed by atoms with Crippen molar-refractivity contribution in [3.63, 3.8) is 0 Å². The first-order valence-corrected chi connectivity index (χ1v) is 9.42. The number of carbonyl (C=O) groups excluding carboxylic acids is 1. The SMILES string of the molecule is O=C(NCc1ccc(-c2ccn[nH]2)cc1)c1csc(-c2cccs2)n1. The van der Waals surface area contributed by atoms with E-state index >= 15 is 0 Å². The van der Waals surface area contributed by atoms with Crippen molar-refractivity contribution >= 4 is 28.6 Å². The molecule has 0 unspecified atom stereocenters. The molecule has 5 nitrogen and oxygen atoms in total. The molecule has 7 heteroatoms. The van der Waals surface area contributed by atoms with Gasteiger partial charge < -0.3 is 5.32 Å². The Morgan fingerprint density at radius 2 is 2.00 bits per heavy atom. The molecule has 0 aliphatic heterocycles. The van der Waals surface area contributed by atoms with E-state index in [1.54, 1.807) is 22.9 Å². The molecule has 0 fully saturated rings. The van der Waals surface area contributed by atoms with Gasteiger partial charge in [-0.05, 0) is 28.6 Å². The summed E-state index contributed by atoms with van der Waals surface area (Å²) in [6.07, 6.45) is 1.72. The van der Waals surface area contributed by atoms with Crippen molar-refractivity contribution < 1.29 is 4.79 Å². The third-order valence-corrected chi connectivity index (χ3v) is 5.57. The Hall–Kier alpha value is -2.77. The number of benzene rings is 1. The van der Waals surface area contributed by atoms with Crippen molar-refractivity contribution in [2.75, 3.05) is 0 Å². The Bertz CT molecular complexity index is 957. The molecular weight excluding hydrogens is 352 g/mol. The predicted molar refractivity (Wildman–Crippen MR) is 101 cm³/mol. The number of thiophene rings is 1. The molecule has 1 amide bonds. The molecule has 25 heavy (non-hydrogen) atoms. The Morgan fingerprint density at radius 3 is 2.72 bits per heavy atom. The number of nitrogens with zero attached hydrogens (tertiary/aromatic N) is 2. The van der Waals surface area contributed by atoms with E-state index in [0.29, 0.717) is 12.2 Å². The Kier molecular flexibility index (Phi) is 4.41. The van der Waals surface area contributed by atoms with Gasteiger partial charge in [-0.15, -0.1) is 22.7 Å². The molecule has 3 aromatic heterocycles. The monoisotopic (exact) mass is 366 g/mol. The lowest BCUT2D eigenvalue weighted by molar-refractivity contribution is 0.0946. The minimum atomic E-state index is -0.156. The molecule has 1 aromatic carbocycles. The van der Waals surface area contributed by atoms with Crippen LogP contribution in [0.15, 0.2) is 59.4 Å². The van der Waals surface area contributed by atoms with Crippen LogP contribution in [0.3, 0.4) is 0 Å². The molecule has 0 aliphatic rings. The third kappa shape index (κ3) is 3.52. The lowest BCUT2D eigenvalue weighted by atomic mass is 10.1. The van der Waals surface area contributed by atoms with Crippen molar-refractivity contribution in [2.45, 2.75) is 6.54 Å². The highest BCUT2D eigenvalue weighted by atomic mass is 32.1. The van der Waals surface area contributed by atoms with E-state index in [9.17, 15) is 4.79 Å². The average Bonchev–Trinajstić information content (AvgIpc) is 3.42. The number of hydrogen-bond donors (Lipinski definition) is 2. The van der Waals surface area contributed by atoms with Crippen LogP contribution in [0.5, 0.6) is 0 Å². The lowest BCUT2D eigenvalue weighted by Crippen LogP contribution is -2.23. The summed E-state index contributed by atoms with van der Waals surface area (Å²) in [4.78, 5) is 17.8. The van der Waals surface area contributed by atoms with E-state index in [0.717, 1.165) is 26.7 Å². The maximum Gasteiger partial charge on any atom is 0.271 e. The van der Waals surface area contributed by atoms with E-state index in [1.165, 1.54) is 11.3 Å². The van der Waals surface area contributed by atoms with Gasteiger partial charge in [0.1, 0.15) is 10.7 Å². The van der Waals surface area contributed by atoms with E-state index in [1.807, 2.05) is 47.8 Å². The lowest BCUT2D eigenvalue weighted by Gasteiger charge is -2.05. The van der Waals surface area contributed by atoms with Crippen LogP contribution >= 0.6 is 22.7 Å². The first kappa shape index (κ1) is 15.7. The summed E-state index contributed by atoms with van der Waals surface area (Å²) < 4.78 is 0. The van der Waals surface area contributed by atoms with Gasteiger partial charge in [0, 0.05) is 18.1 Å². The zero-order valence-electron chi connectivity index (χ0n) is 13.1. The molecule has 4 aromatic rings. The predicted octanol–water partition coefficient (Wildman–Crippen LogP) is 4.19. The molecule has 0 saturated carbocycles. The number of aromatic nitrogens is 3. The van der Waals surface area contributed by atoms with Crippen LogP contribution in [0.2, 0.25) is 0 Å². The van der Waals surface area contributed by atoms with Crippen LogP contribution in [0.25, 0.3) is 21.1 Å². The Morgan fingerprint density at radius 1 is 1.12 bits per heavy atom. The first-order chi connectivity index (χ1) is 12.3. The van der Waals surface area contributed by atoms with Crippen LogP contribution in [0.4, 0.5) is 0 Å². The number of H-pyrrole nitrogens is 1. The first-order valence-electron chi connectivity index (χ1n) is 7.66. The summed E-state index contributed by atoms with van der Waals surface area (Å²) >= 11 is 3.11. The second kappa shape index (κ2) is 7.00. The number of amides is 1. The summed E-state index contributed by atoms with van der Waals surface area (Å²) in [6, 6.07) is 13.9. The fraction of sp³-hybridized carbons (Fsp3) is 0.0556. The molecule has 3 heterocycles. The van der Waals surface area contributed by atoms with Crippen molar-refractivity contribution in [1.29, 1.82) is 0 Å². The van der Waals surface area contributed by atoms with Crippen molar-refractivity contribution in [3.05, 3.63) is 70.7 Å². The molecule has 0 radical (unpaired) electrons. The minimum Gasteiger partial charge on any atom is -0.347 e. The van der Waals surface area contributed by atoms with Crippen LogP contribution in [0, 0.1) is 0 Å². The maximum absolute atomic E-state index is 12.3. The fourth-order valence-corrected chi connectivity index (χ4v) is 4.00. The van der Waals surface area contributed by atoms with Gasteiger partial charge in [-0.3, -0.25) is 9.89 Å².